The highest BCUT2D eigenvalue weighted by molar-refractivity contribution is 5.90. The summed E-state index contributed by atoms with van der Waals surface area (Å²) in [5.74, 6) is 3.51. The highest BCUT2D eigenvalue weighted by Gasteiger charge is 2.16. The average Bonchev–Trinajstić information content (AvgIpc) is 3.39. The molecule has 10 nitrogen and oxygen atoms in total. The van der Waals surface area contributed by atoms with E-state index in [1.54, 1.807) is 40.6 Å². The third-order valence-electron chi connectivity index (χ3n) is 6.87. The van der Waals surface area contributed by atoms with Gasteiger partial charge in [-0.25, -0.2) is 0 Å². The van der Waals surface area contributed by atoms with E-state index in [0.717, 1.165) is 34.2 Å². The number of amides is 1. The van der Waals surface area contributed by atoms with Crippen LogP contribution in [-0.2, 0) is 17.6 Å². The zero-order chi connectivity index (χ0) is 29.5. The van der Waals surface area contributed by atoms with Crippen molar-refractivity contribution in [3.8, 4) is 28.8 Å². The number of nitrogens with one attached hydrogen (secondary N) is 2. The zero-order valence-corrected chi connectivity index (χ0v) is 24.0. The molecule has 0 saturated carbocycles. The highest BCUT2D eigenvalue weighted by Crippen LogP contribution is 2.40. The zero-order valence-electron chi connectivity index (χ0n) is 24.0. The smallest absolute Gasteiger partial charge is 0.224 e. The molecule has 3 aromatic carbocycles. The number of aromatic nitrogens is 3. The Bertz CT molecular complexity index is 1640. The number of methoxy groups -OCH3 is 4. The van der Waals surface area contributed by atoms with Gasteiger partial charge < -0.3 is 29.6 Å². The summed E-state index contributed by atoms with van der Waals surface area (Å²) in [6.07, 6.45) is 2.94. The van der Waals surface area contributed by atoms with Crippen LogP contribution in [0.1, 0.15) is 11.1 Å². The summed E-state index contributed by atoms with van der Waals surface area (Å²) in [5, 5.41) is 16.1. The number of ether oxygens (including phenoxy) is 4. The molecule has 0 atom stereocenters. The van der Waals surface area contributed by atoms with Gasteiger partial charge in [0.1, 0.15) is 5.75 Å². The summed E-state index contributed by atoms with van der Waals surface area (Å²) in [6.45, 7) is 0.551. The minimum absolute atomic E-state index is 0.0394. The Hall–Kier alpha value is -5.25. The van der Waals surface area contributed by atoms with Crippen molar-refractivity contribution in [3.05, 3.63) is 90.1 Å². The van der Waals surface area contributed by atoms with E-state index in [0.29, 0.717) is 41.1 Å². The van der Waals surface area contributed by atoms with Crippen molar-refractivity contribution in [2.45, 2.75) is 12.8 Å². The normalized spacial score (nSPS) is 10.8. The van der Waals surface area contributed by atoms with Gasteiger partial charge in [-0.3, -0.25) is 9.36 Å². The van der Waals surface area contributed by atoms with E-state index in [1.165, 1.54) is 0 Å². The first-order valence-corrected chi connectivity index (χ1v) is 13.4. The lowest BCUT2D eigenvalue weighted by Gasteiger charge is -2.14. The van der Waals surface area contributed by atoms with Crippen LogP contribution in [0.3, 0.4) is 0 Å². The largest absolute Gasteiger partial charge is 0.497 e. The summed E-state index contributed by atoms with van der Waals surface area (Å²) in [6, 6.07) is 23.1. The van der Waals surface area contributed by atoms with Crippen molar-refractivity contribution in [2.24, 2.45) is 0 Å². The number of hydrogen-bond donors (Lipinski definition) is 2. The van der Waals surface area contributed by atoms with Gasteiger partial charge in [-0.15, -0.1) is 10.2 Å². The molecule has 0 aliphatic rings. The van der Waals surface area contributed by atoms with Crippen molar-refractivity contribution < 1.29 is 23.7 Å². The Balaban J connectivity index is 1.29. The minimum Gasteiger partial charge on any atom is -0.497 e. The average molecular weight is 568 g/mol. The van der Waals surface area contributed by atoms with Gasteiger partial charge in [0.25, 0.3) is 0 Å². The number of anilines is 2. The van der Waals surface area contributed by atoms with Gasteiger partial charge in [-0.2, -0.15) is 0 Å². The van der Waals surface area contributed by atoms with Gasteiger partial charge in [0, 0.05) is 35.9 Å². The molecule has 2 N–H and O–H groups in total. The van der Waals surface area contributed by atoms with Crippen molar-refractivity contribution in [3.63, 3.8) is 0 Å². The topological polar surface area (TPSA) is 109 Å². The van der Waals surface area contributed by atoms with Crippen LogP contribution < -0.4 is 29.6 Å². The molecule has 0 aliphatic heterocycles. The van der Waals surface area contributed by atoms with Crippen molar-refractivity contribution >= 4 is 28.3 Å². The van der Waals surface area contributed by atoms with Crippen LogP contribution in [0.4, 0.5) is 11.5 Å². The summed E-state index contributed by atoms with van der Waals surface area (Å²) < 4.78 is 23.4. The van der Waals surface area contributed by atoms with Gasteiger partial charge in [-0.1, -0.05) is 30.3 Å². The van der Waals surface area contributed by atoms with E-state index in [1.807, 2.05) is 71.4 Å². The predicted molar refractivity (Wildman–Crippen MR) is 162 cm³/mol. The summed E-state index contributed by atoms with van der Waals surface area (Å²) in [7, 11) is 6.34. The van der Waals surface area contributed by atoms with Crippen molar-refractivity contribution in [1.82, 2.24) is 20.1 Å². The minimum atomic E-state index is -0.0394. The van der Waals surface area contributed by atoms with Crippen LogP contribution >= 0.6 is 0 Å². The standard InChI is InChI=1S/C32H33N5O5/c1-39-24-11-9-21(10-12-24)15-16-33-31(38)17-22-20-37(26-8-6-5-7-25(22)26)30-14-13-29(35-36-30)34-23-18-27(40-2)32(42-4)28(19-23)41-3/h5-14,18-20H,15-17H2,1-4H3,(H,33,38)(H,34,35). The summed E-state index contributed by atoms with van der Waals surface area (Å²) in [4.78, 5) is 12.8. The monoisotopic (exact) mass is 567 g/mol. The number of fused-ring (bicyclic) bond motifs is 1. The van der Waals surface area contributed by atoms with Crippen LogP contribution in [0, 0.1) is 0 Å². The van der Waals surface area contributed by atoms with E-state index in [4.69, 9.17) is 18.9 Å². The maximum absolute atomic E-state index is 12.8. The maximum Gasteiger partial charge on any atom is 0.224 e. The molecule has 5 aromatic rings. The molecule has 0 bridgehead atoms. The highest BCUT2D eigenvalue weighted by atomic mass is 16.5. The first-order chi connectivity index (χ1) is 20.5. The van der Waals surface area contributed by atoms with Crippen LogP contribution in [-0.4, -0.2) is 55.7 Å². The van der Waals surface area contributed by atoms with Crippen molar-refractivity contribution in [1.29, 1.82) is 0 Å². The molecule has 216 valence electrons. The maximum atomic E-state index is 12.8. The summed E-state index contributed by atoms with van der Waals surface area (Å²) >= 11 is 0. The molecule has 10 heteroatoms. The first kappa shape index (κ1) is 28.3. The number of hydrogen-bond acceptors (Lipinski definition) is 8. The summed E-state index contributed by atoms with van der Waals surface area (Å²) in [5.41, 5.74) is 3.69. The van der Waals surface area contributed by atoms with E-state index < -0.39 is 0 Å². The van der Waals surface area contributed by atoms with Crippen LogP contribution in [0.5, 0.6) is 23.0 Å². The number of nitrogens with zero attached hydrogens (tertiary/aromatic N) is 3. The predicted octanol–water partition coefficient (Wildman–Crippen LogP) is 5.10. The molecule has 0 unspecified atom stereocenters. The van der Waals surface area contributed by atoms with Gasteiger partial charge in [0.15, 0.2) is 23.1 Å². The molecule has 42 heavy (non-hydrogen) atoms. The van der Waals surface area contributed by atoms with E-state index in [9.17, 15) is 4.79 Å². The number of carbonyl (C=O) groups is 1. The van der Waals surface area contributed by atoms with Crippen molar-refractivity contribution in [2.75, 3.05) is 40.3 Å². The number of rotatable bonds is 12. The second-order valence-electron chi connectivity index (χ2n) is 9.48. The Labute approximate surface area is 244 Å². The fourth-order valence-electron chi connectivity index (χ4n) is 4.78. The molecule has 2 aromatic heterocycles. The van der Waals surface area contributed by atoms with Gasteiger partial charge in [0.05, 0.1) is 40.4 Å². The Morgan fingerprint density at radius 2 is 1.57 bits per heavy atom. The molecular weight excluding hydrogens is 534 g/mol. The molecule has 2 heterocycles. The molecule has 0 fully saturated rings. The molecular formula is C32H33N5O5. The van der Waals surface area contributed by atoms with Crippen LogP contribution in [0.15, 0.2) is 79.0 Å². The van der Waals surface area contributed by atoms with E-state index in [2.05, 4.69) is 20.8 Å². The van der Waals surface area contributed by atoms with Gasteiger partial charge in [0.2, 0.25) is 11.7 Å². The van der Waals surface area contributed by atoms with Gasteiger partial charge in [-0.05, 0) is 47.9 Å². The SMILES string of the molecule is COc1ccc(CCNC(=O)Cc2cn(-c3ccc(Nc4cc(OC)c(OC)c(OC)c4)nn3)c3ccccc23)cc1. The quantitative estimate of drug-likeness (QED) is 0.214. The Morgan fingerprint density at radius 3 is 2.21 bits per heavy atom. The third kappa shape index (κ3) is 6.22. The lowest BCUT2D eigenvalue weighted by atomic mass is 10.1. The fraction of sp³-hybridized carbons (Fsp3) is 0.219. The number of benzene rings is 3. The molecule has 0 radical (unpaired) electrons. The molecule has 0 spiro atoms. The fourth-order valence-corrected chi connectivity index (χ4v) is 4.78. The number of para-hydroxylation sites is 1. The van der Waals surface area contributed by atoms with E-state index in [-0.39, 0.29) is 12.3 Å². The second-order valence-corrected chi connectivity index (χ2v) is 9.48. The third-order valence-corrected chi connectivity index (χ3v) is 6.87. The number of carbonyl (C=O) groups excluding carboxylic acids is 1. The molecule has 0 saturated heterocycles. The second kappa shape index (κ2) is 12.9. The van der Waals surface area contributed by atoms with Crippen LogP contribution in [0.25, 0.3) is 16.7 Å². The van der Waals surface area contributed by atoms with Crippen LogP contribution in [0.2, 0.25) is 0 Å². The molecule has 5 rings (SSSR count). The van der Waals surface area contributed by atoms with E-state index >= 15 is 0 Å². The molecule has 0 aliphatic carbocycles. The lowest BCUT2D eigenvalue weighted by Crippen LogP contribution is -2.27. The Kier molecular flexibility index (Phi) is 8.72. The van der Waals surface area contributed by atoms with Gasteiger partial charge >= 0.3 is 0 Å². The Morgan fingerprint density at radius 1 is 0.833 bits per heavy atom. The first-order valence-electron chi connectivity index (χ1n) is 13.4. The molecule has 1 amide bonds. The lowest BCUT2D eigenvalue weighted by molar-refractivity contribution is -0.120.